The molecule has 0 atom stereocenters. The van der Waals surface area contributed by atoms with Crippen molar-refractivity contribution in [2.75, 3.05) is 11.9 Å². The number of ether oxygens (including phenoxy) is 1. The maximum Gasteiger partial charge on any atom is 0.412 e. The molecule has 0 aliphatic heterocycles. The average Bonchev–Trinajstić information content (AvgIpc) is 2.19. The van der Waals surface area contributed by atoms with Gasteiger partial charge in [0.15, 0.2) is 5.82 Å². The maximum absolute atomic E-state index is 11.0. The summed E-state index contributed by atoms with van der Waals surface area (Å²) < 4.78 is 4.65. The number of nitrogens with zero attached hydrogens (tertiary/aromatic N) is 2. The van der Waals surface area contributed by atoms with Crippen molar-refractivity contribution in [3.05, 3.63) is 23.9 Å². The number of rotatable bonds is 2. The molecule has 1 rings (SSSR count). The number of hydrogen-bond acceptors (Lipinski definition) is 4. The molecule has 5 nitrogen and oxygen atoms in total. The molecule has 0 aromatic carbocycles. The van der Waals surface area contributed by atoms with Crippen LogP contribution < -0.4 is 5.32 Å². The Labute approximate surface area is 81.3 Å². The van der Waals surface area contributed by atoms with Crippen LogP contribution in [0.5, 0.6) is 0 Å². The Morgan fingerprint density at radius 3 is 3.21 bits per heavy atom. The lowest BCUT2D eigenvalue weighted by Gasteiger charge is -2.04. The summed E-state index contributed by atoms with van der Waals surface area (Å²) in [7, 11) is 0. The standard InChI is InChI=1S/C9H9N3O2/c1-2-14-9(13)12-8-7(6-10)4-3-5-11-8/h3-5H,2H2,1H3,(H,11,12,13). The smallest absolute Gasteiger partial charge is 0.412 e. The second kappa shape index (κ2) is 4.82. The van der Waals surface area contributed by atoms with Gasteiger partial charge >= 0.3 is 6.09 Å². The Balaban J connectivity index is 2.77. The van der Waals surface area contributed by atoms with Crippen molar-refractivity contribution in [2.24, 2.45) is 0 Å². The summed E-state index contributed by atoms with van der Waals surface area (Å²) >= 11 is 0. The number of anilines is 1. The van der Waals surface area contributed by atoms with Gasteiger partial charge < -0.3 is 4.74 Å². The predicted octanol–water partition coefficient (Wildman–Crippen LogP) is 1.52. The molecule has 0 saturated carbocycles. The van der Waals surface area contributed by atoms with Gasteiger partial charge in [0.2, 0.25) is 0 Å². The normalized spacial score (nSPS) is 8.86. The van der Waals surface area contributed by atoms with Gasteiger partial charge in [-0.3, -0.25) is 5.32 Å². The zero-order valence-corrected chi connectivity index (χ0v) is 7.65. The van der Waals surface area contributed by atoms with Crippen LogP contribution in [0.1, 0.15) is 12.5 Å². The van der Waals surface area contributed by atoms with Gasteiger partial charge in [-0.15, -0.1) is 0 Å². The van der Waals surface area contributed by atoms with Gasteiger partial charge in [0.1, 0.15) is 6.07 Å². The second-order valence-electron chi connectivity index (χ2n) is 2.36. The average molecular weight is 191 g/mol. The van der Waals surface area contributed by atoms with Crippen molar-refractivity contribution in [1.82, 2.24) is 4.98 Å². The number of pyridine rings is 1. The van der Waals surface area contributed by atoms with Crippen molar-refractivity contribution >= 4 is 11.9 Å². The largest absolute Gasteiger partial charge is 0.450 e. The van der Waals surface area contributed by atoms with Gasteiger partial charge in [-0.05, 0) is 19.1 Å². The summed E-state index contributed by atoms with van der Waals surface area (Å²) in [6, 6.07) is 5.09. The van der Waals surface area contributed by atoms with Crippen molar-refractivity contribution in [1.29, 1.82) is 5.26 Å². The van der Waals surface area contributed by atoms with Crippen LogP contribution in [0, 0.1) is 11.3 Å². The van der Waals surface area contributed by atoms with Crippen LogP contribution in [0.15, 0.2) is 18.3 Å². The minimum atomic E-state index is -0.609. The summed E-state index contributed by atoms with van der Waals surface area (Å²) in [4.78, 5) is 14.8. The topological polar surface area (TPSA) is 75.0 Å². The van der Waals surface area contributed by atoms with Crippen molar-refractivity contribution in [2.45, 2.75) is 6.92 Å². The third-order valence-corrected chi connectivity index (χ3v) is 1.42. The van der Waals surface area contributed by atoms with Gasteiger partial charge in [0.05, 0.1) is 12.2 Å². The fourth-order valence-electron chi connectivity index (χ4n) is 0.859. The Morgan fingerprint density at radius 1 is 1.79 bits per heavy atom. The lowest BCUT2D eigenvalue weighted by Crippen LogP contribution is -2.15. The fraction of sp³-hybridized carbons (Fsp3) is 0.222. The molecule has 5 heteroatoms. The summed E-state index contributed by atoms with van der Waals surface area (Å²) in [6.07, 6.45) is 0.880. The third kappa shape index (κ3) is 2.45. The zero-order valence-electron chi connectivity index (χ0n) is 7.65. The number of carbonyl (C=O) groups is 1. The van der Waals surface area contributed by atoms with Crippen LogP contribution in [-0.2, 0) is 4.74 Å². The van der Waals surface area contributed by atoms with E-state index in [-0.39, 0.29) is 12.4 Å². The van der Waals surface area contributed by atoms with E-state index >= 15 is 0 Å². The van der Waals surface area contributed by atoms with Gasteiger partial charge in [0, 0.05) is 6.20 Å². The highest BCUT2D eigenvalue weighted by molar-refractivity contribution is 5.84. The second-order valence-corrected chi connectivity index (χ2v) is 2.36. The molecular weight excluding hydrogens is 182 g/mol. The van der Waals surface area contributed by atoms with E-state index in [1.54, 1.807) is 19.1 Å². The molecule has 0 unspecified atom stereocenters. The van der Waals surface area contributed by atoms with Gasteiger partial charge in [-0.1, -0.05) is 0 Å². The summed E-state index contributed by atoms with van der Waals surface area (Å²) in [5, 5.41) is 11.0. The highest BCUT2D eigenvalue weighted by Crippen LogP contribution is 2.09. The van der Waals surface area contributed by atoms with Crippen molar-refractivity contribution < 1.29 is 9.53 Å². The molecule has 72 valence electrons. The minimum absolute atomic E-state index is 0.216. The molecular formula is C9H9N3O2. The first-order valence-corrected chi connectivity index (χ1v) is 4.06. The molecule has 1 aromatic heterocycles. The number of aromatic nitrogens is 1. The molecule has 0 aliphatic rings. The summed E-state index contributed by atoms with van der Waals surface area (Å²) in [6.45, 7) is 1.98. The molecule has 14 heavy (non-hydrogen) atoms. The third-order valence-electron chi connectivity index (χ3n) is 1.42. The SMILES string of the molecule is CCOC(=O)Nc1ncccc1C#N. The van der Waals surface area contributed by atoms with Crippen LogP contribution in [-0.4, -0.2) is 17.7 Å². The monoisotopic (exact) mass is 191 g/mol. The lowest BCUT2D eigenvalue weighted by molar-refractivity contribution is 0.168. The van der Waals surface area contributed by atoms with E-state index in [0.717, 1.165) is 0 Å². The van der Waals surface area contributed by atoms with Gasteiger partial charge in [0.25, 0.3) is 0 Å². The van der Waals surface area contributed by atoms with Crippen molar-refractivity contribution in [3.8, 4) is 6.07 Å². The highest BCUT2D eigenvalue weighted by atomic mass is 16.5. The van der Waals surface area contributed by atoms with Crippen LogP contribution >= 0.6 is 0 Å². The molecule has 1 amide bonds. The summed E-state index contributed by atoms with van der Waals surface area (Å²) in [5.41, 5.74) is 0.306. The van der Waals surface area contributed by atoms with E-state index in [4.69, 9.17) is 5.26 Å². The quantitative estimate of drug-likeness (QED) is 0.768. The summed E-state index contributed by atoms with van der Waals surface area (Å²) in [5.74, 6) is 0.216. The molecule has 1 aromatic rings. The van der Waals surface area contributed by atoms with E-state index in [9.17, 15) is 4.79 Å². The molecule has 0 spiro atoms. The molecule has 1 heterocycles. The Hall–Kier alpha value is -2.09. The molecule has 0 radical (unpaired) electrons. The first kappa shape index (κ1) is 9.99. The number of hydrogen-bond donors (Lipinski definition) is 1. The van der Waals surface area contributed by atoms with Crippen molar-refractivity contribution in [3.63, 3.8) is 0 Å². The Bertz CT molecular complexity index is 371. The van der Waals surface area contributed by atoms with E-state index in [1.165, 1.54) is 6.20 Å². The Morgan fingerprint density at radius 2 is 2.57 bits per heavy atom. The van der Waals surface area contributed by atoms with E-state index in [0.29, 0.717) is 5.56 Å². The number of nitriles is 1. The number of amides is 1. The van der Waals surface area contributed by atoms with Gasteiger partial charge in [-0.2, -0.15) is 5.26 Å². The fourth-order valence-corrected chi connectivity index (χ4v) is 0.859. The lowest BCUT2D eigenvalue weighted by atomic mass is 10.3. The first-order chi connectivity index (χ1) is 6.77. The molecule has 0 fully saturated rings. The first-order valence-electron chi connectivity index (χ1n) is 4.06. The van der Waals surface area contributed by atoms with E-state index < -0.39 is 6.09 Å². The minimum Gasteiger partial charge on any atom is -0.450 e. The highest BCUT2D eigenvalue weighted by Gasteiger charge is 2.06. The van der Waals surface area contributed by atoms with E-state index in [1.807, 2.05) is 6.07 Å². The van der Waals surface area contributed by atoms with Gasteiger partial charge in [-0.25, -0.2) is 9.78 Å². The van der Waals surface area contributed by atoms with Crippen LogP contribution in [0.25, 0.3) is 0 Å². The molecule has 0 bridgehead atoms. The van der Waals surface area contributed by atoms with Crippen LogP contribution in [0.4, 0.5) is 10.6 Å². The number of nitrogens with one attached hydrogen (secondary N) is 1. The molecule has 0 saturated heterocycles. The van der Waals surface area contributed by atoms with E-state index in [2.05, 4.69) is 15.0 Å². The molecule has 1 N–H and O–H groups in total. The predicted molar refractivity (Wildman–Crippen MR) is 49.6 cm³/mol. The number of carbonyl (C=O) groups excluding carboxylic acids is 1. The van der Waals surface area contributed by atoms with Crippen LogP contribution in [0.2, 0.25) is 0 Å². The maximum atomic E-state index is 11.0. The van der Waals surface area contributed by atoms with Crippen LogP contribution in [0.3, 0.4) is 0 Å². The zero-order chi connectivity index (χ0) is 10.4. The Kier molecular flexibility index (Phi) is 3.44. The molecule has 0 aliphatic carbocycles.